The molecule has 0 radical (unpaired) electrons. The van der Waals surface area contributed by atoms with E-state index in [4.69, 9.17) is 4.98 Å². The molecule has 0 spiro atoms. The van der Waals surface area contributed by atoms with Gasteiger partial charge in [0, 0.05) is 47.6 Å². The van der Waals surface area contributed by atoms with E-state index in [9.17, 15) is 4.79 Å². The molecule has 198 valence electrons. The first-order valence-corrected chi connectivity index (χ1v) is 13.0. The van der Waals surface area contributed by atoms with E-state index in [2.05, 4.69) is 79.6 Å². The van der Waals surface area contributed by atoms with Gasteiger partial charge >= 0.3 is 0 Å². The Labute approximate surface area is 229 Å². The molecule has 2 heterocycles. The van der Waals surface area contributed by atoms with Gasteiger partial charge in [-0.2, -0.15) is 0 Å². The van der Waals surface area contributed by atoms with Gasteiger partial charge in [-0.25, -0.2) is 9.97 Å². The summed E-state index contributed by atoms with van der Waals surface area (Å²) < 4.78 is 1.95. The lowest BCUT2D eigenvalue weighted by molar-refractivity contribution is 0.102. The molecule has 0 aliphatic heterocycles. The van der Waals surface area contributed by atoms with Crippen LogP contribution in [0.4, 0.5) is 17.2 Å². The van der Waals surface area contributed by atoms with Gasteiger partial charge in [-0.05, 0) is 67.0 Å². The van der Waals surface area contributed by atoms with Gasteiger partial charge in [-0.1, -0.05) is 57.2 Å². The molecule has 0 bridgehead atoms. The monoisotopic (exact) mass is 518 g/mol. The predicted molar refractivity (Wildman–Crippen MR) is 159 cm³/mol. The molecule has 3 aromatic carbocycles. The second-order valence-electron chi connectivity index (χ2n) is 11.1. The zero-order valence-corrected chi connectivity index (χ0v) is 23.1. The Morgan fingerprint density at radius 2 is 1.69 bits per heavy atom. The predicted octanol–water partition coefficient (Wildman–Crippen LogP) is 6.75. The van der Waals surface area contributed by atoms with Crippen LogP contribution in [0, 0.1) is 0 Å². The second-order valence-corrected chi connectivity index (χ2v) is 11.1. The lowest BCUT2D eigenvalue weighted by Gasteiger charge is -2.19. The maximum absolute atomic E-state index is 13.0. The molecule has 2 aromatic heterocycles. The summed E-state index contributed by atoms with van der Waals surface area (Å²) in [7, 11) is 4.11. The van der Waals surface area contributed by atoms with Crippen LogP contribution in [-0.4, -0.2) is 39.3 Å². The lowest BCUT2D eigenvalue weighted by atomic mass is 9.87. The van der Waals surface area contributed by atoms with Crippen molar-refractivity contribution in [2.75, 3.05) is 24.7 Å². The third-order valence-corrected chi connectivity index (χ3v) is 6.52. The van der Waals surface area contributed by atoms with E-state index in [1.54, 1.807) is 6.20 Å². The molecule has 7 heteroatoms. The Bertz CT molecular complexity index is 1600. The fraction of sp³-hybridized carbons (Fsp3) is 0.219. The highest BCUT2D eigenvalue weighted by atomic mass is 16.1. The average molecular weight is 519 g/mol. The van der Waals surface area contributed by atoms with Gasteiger partial charge in [0.15, 0.2) is 11.5 Å². The van der Waals surface area contributed by atoms with E-state index in [-0.39, 0.29) is 11.3 Å². The standard InChI is InChI=1S/C32H34N6O/c1-32(2,3)25-13-11-23(12-14-25)31(39)35-27-8-6-7-24(19-27)28-21-38-18-17-33-30(38)29(36-28)34-26-15-9-22(10-16-26)20-37(4)5/h6-19,21H,20H2,1-5H3,(H,34,36)(H,35,39). The molecule has 5 aromatic rings. The molecule has 5 rings (SSSR count). The van der Waals surface area contributed by atoms with E-state index >= 15 is 0 Å². The molecule has 1 amide bonds. The van der Waals surface area contributed by atoms with Gasteiger partial charge in [-0.3, -0.25) is 4.79 Å². The van der Waals surface area contributed by atoms with Gasteiger partial charge in [0.25, 0.3) is 5.91 Å². The van der Waals surface area contributed by atoms with Crippen molar-refractivity contribution in [3.8, 4) is 11.3 Å². The molecular weight excluding hydrogens is 484 g/mol. The summed E-state index contributed by atoms with van der Waals surface area (Å²) in [6, 6.07) is 23.8. The van der Waals surface area contributed by atoms with Crippen LogP contribution in [0.2, 0.25) is 0 Å². The van der Waals surface area contributed by atoms with Crippen molar-refractivity contribution in [3.63, 3.8) is 0 Å². The summed E-state index contributed by atoms with van der Waals surface area (Å²) in [5, 5.41) is 6.46. The van der Waals surface area contributed by atoms with Crippen molar-refractivity contribution < 1.29 is 4.79 Å². The number of imidazole rings is 1. The van der Waals surface area contributed by atoms with Gasteiger partial charge in [0.2, 0.25) is 0 Å². The van der Waals surface area contributed by atoms with E-state index in [1.165, 1.54) is 11.1 Å². The largest absolute Gasteiger partial charge is 0.337 e. The van der Waals surface area contributed by atoms with Crippen LogP contribution in [0.5, 0.6) is 0 Å². The average Bonchev–Trinajstić information content (AvgIpc) is 3.38. The van der Waals surface area contributed by atoms with Crippen LogP contribution in [0.25, 0.3) is 16.9 Å². The number of carbonyl (C=O) groups is 1. The smallest absolute Gasteiger partial charge is 0.255 e. The number of hydrogen-bond donors (Lipinski definition) is 2. The first-order valence-electron chi connectivity index (χ1n) is 13.0. The summed E-state index contributed by atoms with van der Waals surface area (Å²) in [5.74, 6) is 0.511. The van der Waals surface area contributed by atoms with Crippen molar-refractivity contribution in [1.29, 1.82) is 0 Å². The number of anilines is 3. The number of hydrogen-bond acceptors (Lipinski definition) is 5. The third-order valence-electron chi connectivity index (χ3n) is 6.52. The summed E-state index contributed by atoms with van der Waals surface area (Å²) in [4.78, 5) is 24.5. The van der Waals surface area contributed by atoms with Gasteiger partial charge in [0.05, 0.1) is 5.69 Å². The Hall–Kier alpha value is -4.49. The highest BCUT2D eigenvalue weighted by Gasteiger charge is 2.15. The molecule has 0 aliphatic carbocycles. The maximum atomic E-state index is 13.0. The van der Waals surface area contributed by atoms with Crippen LogP contribution < -0.4 is 10.6 Å². The minimum atomic E-state index is -0.148. The molecule has 0 atom stereocenters. The molecule has 0 unspecified atom stereocenters. The molecule has 39 heavy (non-hydrogen) atoms. The van der Waals surface area contributed by atoms with Crippen molar-refractivity contribution in [3.05, 3.63) is 108 Å². The maximum Gasteiger partial charge on any atom is 0.255 e. The fourth-order valence-electron chi connectivity index (χ4n) is 4.43. The van der Waals surface area contributed by atoms with Crippen molar-refractivity contribution >= 4 is 28.7 Å². The second kappa shape index (κ2) is 10.7. The number of aromatic nitrogens is 3. The summed E-state index contributed by atoms with van der Waals surface area (Å²) in [5.41, 5.74) is 7.11. The van der Waals surface area contributed by atoms with Gasteiger partial charge < -0.3 is 19.9 Å². The van der Waals surface area contributed by atoms with Crippen LogP contribution in [0.1, 0.15) is 42.3 Å². The van der Waals surface area contributed by atoms with E-state index in [0.29, 0.717) is 17.1 Å². The van der Waals surface area contributed by atoms with Crippen LogP contribution >= 0.6 is 0 Å². The highest BCUT2D eigenvalue weighted by Crippen LogP contribution is 2.27. The zero-order chi connectivity index (χ0) is 27.6. The van der Waals surface area contributed by atoms with Crippen LogP contribution in [0.3, 0.4) is 0 Å². The number of benzene rings is 3. The molecule has 0 fully saturated rings. The SMILES string of the molecule is CN(C)Cc1ccc(Nc2nc(-c3cccc(NC(=O)c4ccc(C(C)(C)C)cc4)c3)cn3ccnc23)cc1. The first-order chi connectivity index (χ1) is 18.7. The Morgan fingerprint density at radius 1 is 0.949 bits per heavy atom. The molecule has 0 saturated heterocycles. The van der Waals surface area contributed by atoms with E-state index in [1.807, 2.05) is 65.3 Å². The molecule has 2 N–H and O–H groups in total. The number of amides is 1. The lowest BCUT2D eigenvalue weighted by Crippen LogP contribution is -2.14. The van der Waals surface area contributed by atoms with E-state index in [0.717, 1.165) is 29.1 Å². The van der Waals surface area contributed by atoms with Crippen LogP contribution in [-0.2, 0) is 12.0 Å². The number of carbonyl (C=O) groups excluding carboxylic acids is 1. The summed E-state index contributed by atoms with van der Waals surface area (Å²) in [6.45, 7) is 7.36. The Morgan fingerprint density at radius 3 is 2.38 bits per heavy atom. The highest BCUT2D eigenvalue weighted by molar-refractivity contribution is 6.04. The molecular formula is C32H34N6O. The zero-order valence-electron chi connectivity index (χ0n) is 23.1. The molecule has 0 aliphatic rings. The number of nitrogens with zero attached hydrogens (tertiary/aromatic N) is 4. The fourth-order valence-corrected chi connectivity index (χ4v) is 4.43. The minimum Gasteiger partial charge on any atom is -0.337 e. The first kappa shape index (κ1) is 26.1. The van der Waals surface area contributed by atoms with Gasteiger partial charge in [-0.15, -0.1) is 0 Å². The summed E-state index contributed by atoms with van der Waals surface area (Å²) in [6.07, 6.45) is 5.60. The quantitative estimate of drug-likeness (QED) is 0.249. The third kappa shape index (κ3) is 6.16. The van der Waals surface area contributed by atoms with Crippen LogP contribution in [0.15, 0.2) is 91.4 Å². The Balaban J connectivity index is 1.38. The number of nitrogens with one attached hydrogen (secondary N) is 2. The van der Waals surface area contributed by atoms with E-state index < -0.39 is 0 Å². The van der Waals surface area contributed by atoms with Crippen molar-refractivity contribution in [2.24, 2.45) is 0 Å². The molecule has 0 saturated carbocycles. The topological polar surface area (TPSA) is 74.6 Å². The molecule has 7 nitrogen and oxygen atoms in total. The number of fused-ring (bicyclic) bond motifs is 1. The number of rotatable bonds is 7. The summed E-state index contributed by atoms with van der Waals surface area (Å²) >= 11 is 0. The minimum absolute atomic E-state index is 0.0376. The van der Waals surface area contributed by atoms with Crippen molar-refractivity contribution in [1.82, 2.24) is 19.3 Å². The van der Waals surface area contributed by atoms with Crippen molar-refractivity contribution in [2.45, 2.75) is 32.7 Å². The Kier molecular flexibility index (Phi) is 7.17. The van der Waals surface area contributed by atoms with Gasteiger partial charge in [0.1, 0.15) is 0 Å². The normalized spacial score (nSPS) is 11.6.